The topological polar surface area (TPSA) is 73.7 Å². The Bertz CT molecular complexity index is 1400. The Morgan fingerprint density at radius 1 is 0.727 bits per heavy atom. The van der Waals surface area contributed by atoms with Crippen molar-refractivity contribution < 1.29 is 28.1 Å². The van der Waals surface area contributed by atoms with Crippen LogP contribution in [0.2, 0.25) is 0 Å². The van der Waals surface area contributed by atoms with Gasteiger partial charge in [-0.05, 0) is 60.4 Å². The molecule has 0 atom stereocenters. The standard InChI is InChI=1S/C15H16FNO2.C14H14FNO2.CH2Cl2.BBr3/c1-3-5-11-8-9-12(13(10-11)18-2)19-15-7-4-6-14(16)17-15;1-2-4-10-7-8-12(11(17)9-10)18-14-6-3-5-13(15)16-14;2-1-3;2-1(3)4/h4,6-10H,3,5H2,1-2H3;3,5-9,17H,2,4H2,1H3;1H2;. The number of hydrogen-bond acceptors (Lipinski definition) is 6. The lowest BCUT2D eigenvalue weighted by Crippen LogP contribution is -1.94. The number of methoxy groups -OCH3 is 1. The van der Waals surface area contributed by atoms with Gasteiger partial charge >= 0.3 is 3.18 Å². The molecule has 1 N–H and O–H groups in total. The summed E-state index contributed by atoms with van der Waals surface area (Å²) in [6.45, 7) is 4.19. The third-order valence-corrected chi connectivity index (χ3v) is 5.14. The Morgan fingerprint density at radius 2 is 1.16 bits per heavy atom. The first-order valence-corrected chi connectivity index (χ1v) is 17.0. The Kier molecular flexibility index (Phi) is 21.1. The quantitative estimate of drug-likeness (QED) is 0.103. The van der Waals surface area contributed by atoms with Crippen molar-refractivity contribution in [1.82, 2.24) is 9.97 Å². The van der Waals surface area contributed by atoms with Crippen LogP contribution >= 0.6 is 70.5 Å². The monoisotopic (exact) mass is 840 g/mol. The lowest BCUT2D eigenvalue weighted by atomic mass is 10.1. The van der Waals surface area contributed by atoms with Gasteiger partial charge in [0.15, 0.2) is 23.0 Å². The second-order valence-electron chi connectivity index (χ2n) is 8.44. The van der Waals surface area contributed by atoms with Crippen LogP contribution in [0.15, 0.2) is 72.8 Å². The second-order valence-corrected chi connectivity index (χ2v) is 15.7. The average molecular weight is 844 g/mol. The van der Waals surface area contributed by atoms with Gasteiger partial charge in [-0.15, -0.1) is 70.5 Å². The maximum absolute atomic E-state index is 13.0. The highest BCUT2D eigenvalue weighted by Gasteiger charge is 2.09. The van der Waals surface area contributed by atoms with Gasteiger partial charge in [-0.2, -0.15) is 18.7 Å². The normalized spacial score (nSPS) is 9.68. The van der Waals surface area contributed by atoms with Gasteiger partial charge in [0.05, 0.1) is 12.4 Å². The van der Waals surface area contributed by atoms with E-state index in [0.29, 0.717) is 11.5 Å². The van der Waals surface area contributed by atoms with E-state index in [0.717, 1.165) is 31.2 Å². The number of aromatic nitrogens is 2. The van der Waals surface area contributed by atoms with E-state index in [1.807, 2.05) is 24.3 Å². The molecule has 2 heterocycles. The smallest absolute Gasteiger partial charge is 0.369 e. The van der Waals surface area contributed by atoms with E-state index in [1.165, 1.54) is 29.8 Å². The first kappa shape index (κ1) is 39.9. The third-order valence-electron chi connectivity index (χ3n) is 5.14. The summed E-state index contributed by atoms with van der Waals surface area (Å²) in [4.78, 5) is 7.23. The molecule has 0 saturated carbocycles. The summed E-state index contributed by atoms with van der Waals surface area (Å²) < 4.78 is 42.3. The molecule has 2 aromatic heterocycles. The summed E-state index contributed by atoms with van der Waals surface area (Å²) in [7, 11) is 1.58. The van der Waals surface area contributed by atoms with Crippen molar-refractivity contribution in [3.8, 4) is 34.8 Å². The van der Waals surface area contributed by atoms with Gasteiger partial charge in [-0.1, -0.05) is 51.0 Å². The molecule has 0 aliphatic carbocycles. The van der Waals surface area contributed by atoms with Crippen molar-refractivity contribution in [2.24, 2.45) is 0 Å². The number of halogens is 7. The molecule has 4 rings (SSSR count). The molecule has 4 aromatic rings. The molecule has 0 bridgehead atoms. The van der Waals surface area contributed by atoms with Gasteiger partial charge in [0.25, 0.3) is 0 Å². The van der Waals surface area contributed by atoms with E-state index in [2.05, 4.69) is 71.1 Å². The van der Waals surface area contributed by atoms with Crippen LogP contribution in [0, 0.1) is 11.9 Å². The Hall–Kier alpha value is -2.12. The van der Waals surface area contributed by atoms with Crippen molar-refractivity contribution in [3.05, 3.63) is 95.8 Å². The molecular formula is C30H32BBr3Cl2F2N2O4. The van der Waals surface area contributed by atoms with Crippen LogP contribution in [0.25, 0.3) is 0 Å². The van der Waals surface area contributed by atoms with Crippen molar-refractivity contribution in [1.29, 1.82) is 0 Å². The molecule has 0 radical (unpaired) electrons. The van der Waals surface area contributed by atoms with Crippen LogP contribution in [0.4, 0.5) is 8.78 Å². The molecule has 0 fully saturated rings. The van der Waals surface area contributed by atoms with Crippen LogP contribution in [0.5, 0.6) is 34.8 Å². The molecule has 0 aliphatic heterocycles. The van der Waals surface area contributed by atoms with Gasteiger partial charge in [0, 0.05) is 12.1 Å². The molecule has 0 saturated heterocycles. The van der Waals surface area contributed by atoms with Gasteiger partial charge in [0.2, 0.25) is 23.7 Å². The van der Waals surface area contributed by atoms with Gasteiger partial charge < -0.3 is 19.3 Å². The molecule has 0 unspecified atom stereocenters. The fourth-order valence-corrected chi connectivity index (χ4v) is 3.45. The molecule has 0 spiro atoms. The van der Waals surface area contributed by atoms with E-state index >= 15 is 0 Å². The third kappa shape index (κ3) is 16.8. The number of alkyl halides is 2. The predicted octanol–water partition coefficient (Wildman–Crippen LogP) is 11.2. The molecule has 6 nitrogen and oxygen atoms in total. The number of aromatic hydroxyl groups is 1. The number of hydrogen-bond donors (Lipinski definition) is 1. The fourth-order valence-electron chi connectivity index (χ4n) is 3.45. The predicted molar refractivity (Wildman–Crippen MR) is 187 cm³/mol. The average Bonchev–Trinajstić information content (AvgIpc) is 2.96. The van der Waals surface area contributed by atoms with E-state index in [-0.39, 0.29) is 31.8 Å². The molecule has 2 aromatic carbocycles. The van der Waals surface area contributed by atoms with E-state index in [9.17, 15) is 13.9 Å². The largest absolute Gasteiger partial charge is 0.504 e. The number of nitrogens with zero attached hydrogens (tertiary/aromatic N) is 2. The lowest BCUT2D eigenvalue weighted by molar-refractivity contribution is 0.370. The van der Waals surface area contributed by atoms with Crippen molar-refractivity contribution in [2.75, 3.05) is 12.4 Å². The zero-order chi connectivity index (χ0) is 32.9. The molecule has 238 valence electrons. The van der Waals surface area contributed by atoms with Gasteiger partial charge in [-0.25, -0.2) is 0 Å². The number of aryl methyl sites for hydroxylation is 2. The minimum atomic E-state index is -0.616. The number of pyridine rings is 2. The van der Waals surface area contributed by atoms with E-state index in [4.69, 9.17) is 37.4 Å². The number of phenols is 1. The highest BCUT2D eigenvalue weighted by atomic mass is 79.9. The summed E-state index contributed by atoms with van der Waals surface area (Å²) in [5.41, 5.74) is 2.22. The highest BCUT2D eigenvalue weighted by molar-refractivity contribution is 9.69. The van der Waals surface area contributed by atoms with Crippen molar-refractivity contribution >= 4 is 73.7 Å². The minimum Gasteiger partial charge on any atom is -0.504 e. The highest BCUT2D eigenvalue weighted by Crippen LogP contribution is 2.32. The molecule has 0 amide bonds. The molecule has 44 heavy (non-hydrogen) atoms. The number of phenolic OH excluding ortho intramolecular Hbond substituents is 1. The second kappa shape index (κ2) is 23.3. The van der Waals surface area contributed by atoms with Crippen LogP contribution in [-0.2, 0) is 12.8 Å². The number of benzene rings is 2. The van der Waals surface area contributed by atoms with Gasteiger partial charge in [0.1, 0.15) is 0 Å². The van der Waals surface area contributed by atoms with Crippen molar-refractivity contribution in [3.63, 3.8) is 0 Å². The Labute approximate surface area is 292 Å². The fraction of sp³-hybridized carbons (Fsp3) is 0.267. The number of rotatable bonds is 9. The SMILES string of the molecule is BrB(Br)Br.CCCc1ccc(Oc2cccc(F)n2)c(O)c1.CCCc1ccc(Oc2cccc(F)n2)c(OC)c1.ClCCl. The summed E-state index contributed by atoms with van der Waals surface area (Å²) in [6, 6.07) is 19.6. The summed E-state index contributed by atoms with van der Waals surface area (Å²) in [5.74, 6) is 0.598. The summed E-state index contributed by atoms with van der Waals surface area (Å²) >= 11 is 18.8. The maximum atomic E-state index is 13.0. The zero-order valence-electron chi connectivity index (χ0n) is 24.3. The van der Waals surface area contributed by atoms with Crippen LogP contribution in [-0.4, -0.2) is 30.7 Å². The van der Waals surface area contributed by atoms with Crippen molar-refractivity contribution in [2.45, 2.75) is 39.5 Å². The molecular weight excluding hydrogens is 812 g/mol. The van der Waals surface area contributed by atoms with Gasteiger partial charge in [-0.3, -0.25) is 0 Å². The Balaban J connectivity index is 0.000000364. The molecule has 14 heteroatoms. The van der Waals surface area contributed by atoms with E-state index < -0.39 is 11.9 Å². The first-order chi connectivity index (χ1) is 21.1. The lowest BCUT2D eigenvalue weighted by Gasteiger charge is -2.11. The number of ether oxygens (including phenoxy) is 3. The first-order valence-electron chi connectivity index (χ1n) is 13.2. The Morgan fingerprint density at radius 3 is 1.57 bits per heavy atom. The van der Waals surface area contributed by atoms with Crippen LogP contribution in [0.3, 0.4) is 0 Å². The zero-order valence-corrected chi connectivity index (χ0v) is 30.5. The van der Waals surface area contributed by atoms with E-state index in [1.54, 1.807) is 31.4 Å². The summed E-state index contributed by atoms with van der Waals surface area (Å²) in [5, 5.41) is 10.00. The summed E-state index contributed by atoms with van der Waals surface area (Å²) in [6.07, 6.45) is 3.95. The minimum absolute atomic E-state index is 0.0343. The molecule has 0 aliphatic rings. The van der Waals surface area contributed by atoms with Crippen LogP contribution < -0.4 is 14.2 Å². The maximum Gasteiger partial charge on any atom is 0.369 e. The van der Waals surface area contributed by atoms with Crippen LogP contribution in [0.1, 0.15) is 37.8 Å².